The first-order chi connectivity index (χ1) is 16.6. The van der Waals surface area contributed by atoms with Gasteiger partial charge in [-0.1, -0.05) is 71.2 Å². The quantitative estimate of drug-likeness (QED) is 0.312. The van der Waals surface area contributed by atoms with Gasteiger partial charge >= 0.3 is 0 Å². The van der Waals surface area contributed by atoms with E-state index >= 15 is 0 Å². The number of anilines is 1. The fourth-order valence-corrected chi connectivity index (χ4v) is 5.93. The van der Waals surface area contributed by atoms with Crippen molar-refractivity contribution in [1.82, 2.24) is 0 Å². The molecule has 0 radical (unpaired) electrons. The molecular formula is C28H23BrCl2N2O2. The van der Waals surface area contributed by atoms with E-state index in [0.29, 0.717) is 45.4 Å². The van der Waals surface area contributed by atoms with Crippen LogP contribution >= 0.6 is 39.1 Å². The molecule has 1 aliphatic carbocycles. The molecule has 0 N–H and O–H groups in total. The highest BCUT2D eigenvalue weighted by molar-refractivity contribution is 9.10. The summed E-state index contributed by atoms with van der Waals surface area (Å²) in [6.07, 6.45) is 1.05. The Hall–Kier alpha value is -2.47. The number of Topliss-reactive ketones (excluding diaryl/α,β-unsaturated/α-hetero) is 1. The number of ketones is 1. The van der Waals surface area contributed by atoms with Crippen molar-refractivity contribution in [1.29, 1.82) is 0 Å². The summed E-state index contributed by atoms with van der Waals surface area (Å²) in [5, 5.41) is 0.899. The number of benzene rings is 3. The van der Waals surface area contributed by atoms with Gasteiger partial charge in [0.1, 0.15) is 5.78 Å². The highest BCUT2D eigenvalue weighted by Crippen LogP contribution is 2.49. The zero-order valence-electron chi connectivity index (χ0n) is 19.3. The summed E-state index contributed by atoms with van der Waals surface area (Å²) in [5.41, 5.74) is 3.04. The van der Waals surface area contributed by atoms with Crippen molar-refractivity contribution in [3.63, 3.8) is 0 Å². The minimum Gasteiger partial charge on any atom is -0.299 e. The minimum atomic E-state index is -0.665. The van der Waals surface area contributed by atoms with Crippen LogP contribution in [0.3, 0.4) is 0 Å². The third kappa shape index (κ3) is 4.57. The maximum Gasteiger partial charge on any atom is 0.258 e. The molecule has 0 bridgehead atoms. The molecule has 0 aromatic heterocycles. The van der Waals surface area contributed by atoms with Crippen molar-refractivity contribution in [2.24, 2.45) is 16.3 Å². The van der Waals surface area contributed by atoms with Crippen LogP contribution in [0.1, 0.15) is 48.7 Å². The summed E-state index contributed by atoms with van der Waals surface area (Å²) in [6, 6.07) is 19.3. The van der Waals surface area contributed by atoms with E-state index in [9.17, 15) is 9.59 Å². The molecule has 1 heterocycles. The fraction of sp³-hybridized carbons (Fsp3) is 0.250. The summed E-state index contributed by atoms with van der Waals surface area (Å²) in [6.45, 7) is 4.16. The molecule has 178 valence electrons. The van der Waals surface area contributed by atoms with E-state index < -0.39 is 12.0 Å². The lowest BCUT2D eigenvalue weighted by molar-refractivity contribution is -0.124. The van der Waals surface area contributed by atoms with Gasteiger partial charge in [0.05, 0.1) is 23.3 Å². The van der Waals surface area contributed by atoms with Gasteiger partial charge in [0.2, 0.25) is 0 Å². The number of rotatable bonds is 2. The Labute approximate surface area is 223 Å². The maximum absolute atomic E-state index is 14.2. The number of aliphatic imine (C=N–C) groups is 1. The number of carbonyl (C=O) groups is 2. The molecule has 0 saturated heterocycles. The van der Waals surface area contributed by atoms with Gasteiger partial charge in [0.25, 0.3) is 5.91 Å². The standard InChI is InChI=1S/C28H23BrCl2N2O2/c1-28(2)14-22-25(24(34)15-28)26(19-12-11-18(30)13-20(19)31)33(23-6-4-3-5-21(23)32-22)27(35)16-7-9-17(29)10-8-16/h3-13,25-26H,14-15H2,1-2H3. The lowest BCUT2D eigenvalue weighted by atomic mass is 9.68. The third-order valence-corrected chi connectivity index (χ3v) is 7.70. The third-order valence-electron chi connectivity index (χ3n) is 6.61. The first-order valence-corrected chi connectivity index (χ1v) is 12.9. The van der Waals surface area contributed by atoms with Gasteiger partial charge < -0.3 is 0 Å². The van der Waals surface area contributed by atoms with Crippen molar-refractivity contribution in [3.05, 3.63) is 92.4 Å². The zero-order valence-corrected chi connectivity index (χ0v) is 22.4. The Bertz CT molecular complexity index is 1370. The number of nitrogens with zero attached hydrogens (tertiary/aromatic N) is 2. The van der Waals surface area contributed by atoms with E-state index in [-0.39, 0.29) is 17.1 Å². The van der Waals surface area contributed by atoms with E-state index in [4.69, 9.17) is 28.2 Å². The number of hydrogen-bond acceptors (Lipinski definition) is 3. The van der Waals surface area contributed by atoms with Crippen LogP contribution in [-0.4, -0.2) is 17.4 Å². The van der Waals surface area contributed by atoms with Crippen molar-refractivity contribution >= 4 is 67.9 Å². The smallest absolute Gasteiger partial charge is 0.258 e. The monoisotopic (exact) mass is 568 g/mol. The van der Waals surface area contributed by atoms with Gasteiger partial charge in [-0.2, -0.15) is 0 Å². The van der Waals surface area contributed by atoms with Gasteiger partial charge in [-0.05, 0) is 65.9 Å². The van der Waals surface area contributed by atoms with Crippen LogP contribution in [0.4, 0.5) is 11.4 Å². The second kappa shape index (κ2) is 9.20. The number of carbonyl (C=O) groups excluding carboxylic acids is 2. The van der Waals surface area contributed by atoms with Crippen molar-refractivity contribution < 1.29 is 9.59 Å². The van der Waals surface area contributed by atoms with Crippen LogP contribution in [0, 0.1) is 11.3 Å². The SMILES string of the molecule is CC1(C)CC(=O)C2C(=Nc3ccccc3N(C(=O)c3ccc(Br)cc3)C2c2ccc(Cl)cc2Cl)C1. The molecule has 3 aromatic rings. The van der Waals surface area contributed by atoms with E-state index in [0.717, 1.165) is 10.2 Å². The van der Waals surface area contributed by atoms with E-state index in [2.05, 4.69) is 29.8 Å². The molecule has 3 aromatic carbocycles. The van der Waals surface area contributed by atoms with Gasteiger partial charge in [0.15, 0.2) is 0 Å². The molecule has 2 aliphatic rings. The van der Waals surface area contributed by atoms with Crippen molar-refractivity contribution in [3.8, 4) is 0 Å². The van der Waals surface area contributed by atoms with Crippen LogP contribution in [0.15, 0.2) is 76.2 Å². The number of fused-ring (bicyclic) bond motifs is 2. The first kappa shape index (κ1) is 24.2. The van der Waals surface area contributed by atoms with Gasteiger partial charge in [-0.15, -0.1) is 0 Å². The van der Waals surface area contributed by atoms with Gasteiger partial charge in [-0.3, -0.25) is 19.5 Å². The molecule has 1 aliphatic heterocycles. The second-order valence-electron chi connectivity index (χ2n) is 9.85. The number of halogens is 3. The average Bonchev–Trinajstić information content (AvgIpc) is 2.92. The average molecular weight is 570 g/mol. The molecule has 0 spiro atoms. The van der Waals surface area contributed by atoms with Crippen LogP contribution < -0.4 is 4.90 Å². The van der Waals surface area contributed by atoms with Crippen LogP contribution in [0.25, 0.3) is 0 Å². The van der Waals surface area contributed by atoms with Gasteiger partial charge in [-0.25, -0.2) is 0 Å². The van der Waals surface area contributed by atoms with Crippen molar-refractivity contribution in [2.45, 2.75) is 32.7 Å². The number of hydrogen-bond donors (Lipinski definition) is 0. The van der Waals surface area contributed by atoms with Crippen LogP contribution in [0.5, 0.6) is 0 Å². The second-order valence-corrected chi connectivity index (χ2v) is 11.6. The molecule has 1 fully saturated rings. The molecule has 5 rings (SSSR count). The Kier molecular flexibility index (Phi) is 6.37. The predicted molar refractivity (Wildman–Crippen MR) is 145 cm³/mol. The number of para-hydroxylation sites is 2. The summed E-state index contributed by atoms with van der Waals surface area (Å²) in [5.74, 6) is -0.791. The molecule has 4 nitrogen and oxygen atoms in total. The topological polar surface area (TPSA) is 49.7 Å². The first-order valence-electron chi connectivity index (χ1n) is 11.4. The Morgan fingerprint density at radius 2 is 1.74 bits per heavy atom. The minimum absolute atomic E-state index is 0.0532. The lowest BCUT2D eigenvalue weighted by Crippen LogP contribution is -2.47. The van der Waals surface area contributed by atoms with Crippen molar-refractivity contribution in [2.75, 3.05) is 4.90 Å². The summed E-state index contributed by atoms with van der Waals surface area (Å²) in [4.78, 5) is 34.6. The Balaban J connectivity index is 1.78. The molecule has 2 atom stereocenters. The van der Waals surface area contributed by atoms with Crippen LogP contribution in [-0.2, 0) is 4.79 Å². The largest absolute Gasteiger partial charge is 0.299 e. The van der Waals surface area contributed by atoms with Crippen LogP contribution in [0.2, 0.25) is 10.0 Å². The summed E-state index contributed by atoms with van der Waals surface area (Å²) >= 11 is 16.4. The van der Waals surface area contributed by atoms with E-state index in [1.807, 2.05) is 42.5 Å². The Morgan fingerprint density at radius 3 is 2.46 bits per heavy atom. The zero-order chi connectivity index (χ0) is 24.9. The molecular weight excluding hydrogens is 547 g/mol. The molecule has 7 heteroatoms. The molecule has 2 unspecified atom stereocenters. The number of amides is 1. The highest BCUT2D eigenvalue weighted by atomic mass is 79.9. The maximum atomic E-state index is 14.2. The van der Waals surface area contributed by atoms with E-state index in [1.54, 1.807) is 29.2 Å². The predicted octanol–water partition coefficient (Wildman–Crippen LogP) is 8.24. The lowest BCUT2D eigenvalue weighted by Gasteiger charge is -2.41. The fourth-order valence-electron chi connectivity index (χ4n) is 5.14. The molecule has 1 saturated carbocycles. The normalized spacial score (nSPS) is 21.0. The molecule has 35 heavy (non-hydrogen) atoms. The summed E-state index contributed by atoms with van der Waals surface area (Å²) in [7, 11) is 0. The van der Waals surface area contributed by atoms with Gasteiger partial charge in [0, 0.05) is 32.2 Å². The summed E-state index contributed by atoms with van der Waals surface area (Å²) < 4.78 is 0.873. The Morgan fingerprint density at radius 1 is 1.03 bits per heavy atom. The highest BCUT2D eigenvalue weighted by Gasteiger charge is 2.48. The van der Waals surface area contributed by atoms with E-state index in [1.165, 1.54) is 0 Å². The molecule has 1 amide bonds.